The number of likely N-dealkylation sites (N-methyl/N-ethyl adjacent to an activating group) is 1. The van der Waals surface area contributed by atoms with Gasteiger partial charge in [0.05, 0.1) is 18.0 Å². The number of nitrogens with one attached hydrogen (secondary N) is 2. The van der Waals surface area contributed by atoms with E-state index in [4.69, 9.17) is 0 Å². The number of β-lactam (4-membered cyclic amide) rings is 1. The minimum absolute atomic E-state index is 0.0519. The number of nitrogens with zero attached hydrogens (tertiary/aromatic N) is 2. The van der Waals surface area contributed by atoms with Crippen LogP contribution in [-0.2, 0) is 19.2 Å². The molecule has 31 heavy (non-hydrogen) atoms. The lowest BCUT2D eigenvalue weighted by Crippen LogP contribution is -2.66. The van der Waals surface area contributed by atoms with Crippen LogP contribution in [0.15, 0.2) is 10.6 Å². The van der Waals surface area contributed by atoms with E-state index in [1.165, 1.54) is 28.5 Å². The molecule has 0 spiro atoms. The third-order valence-corrected chi connectivity index (χ3v) is 7.53. The molecule has 2 saturated heterocycles. The minimum atomic E-state index is -3.19. The van der Waals surface area contributed by atoms with E-state index >= 15 is 0 Å². The van der Waals surface area contributed by atoms with Crippen LogP contribution in [0.3, 0.4) is 0 Å². The number of hydrogen-bond acceptors (Lipinski definition) is 6. The first-order chi connectivity index (χ1) is 14.5. The zero-order valence-electron chi connectivity index (χ0n) is 17.6. The quantitative estimate of drug-likeness (QED) is 0.461. The first-order valence-corrected chi connectivity index (χ1v) is 10.8. The predicted molar refractivity (Wildman–Crippen MR) is 108 cm³/mol. The number of hydrogen-bond donors (Lipinski definition) is 3. The fourth-order valence-corrected chi connectivity index (χ4v) is 6.02. The molecular weight excluding hydrogens is 434 g/mol. The number of halogens is 2. The summed E-state index contributed by atoms with van der Waals surface area (Å²) in [5.74, 6) is -4.38. The topological polar surface area (TPSA) is 119 Å². The van der Waals surface area contributed by atoms with Gasteiger partial charge in [0.2, 0.25) is 11.8 Å². The van der Waals surface area contributed by atoms with E-state index in [9.17, 15) is 33.1 Å². The van der Waals surface area contributed by atoms with Gasteiger partial charge in [0.25, 0.3) is 5.91 Å². The monoisotopic (exact) mass is 460 g/mol. The lowest BCUT2D eigenvalue weighted by molar-refractivity contribution is -0.159. The second kappa shape index (κ2) is 8.73. The van der Waals surface area contributed by atoms with E-state index in [-0.39, 0.29) is 28.8 Å². The molecule has 3 aliphatic rings. The number of fused-ring (bicyclic) bond motifs is 1. The summed E-state index contributed by atoms with van der Waals surface area (Å²) in [7, 11) is 3.33. The molecule has 3 heterocycles. The molecule has 0 aromatic carbocycles. The molecule has 2 fully saturated rings. The van der Waals surface area contributed by atoms with Crippen LogP contribution in [0, 0.1) is 11.8 Å². The number of carbonyl (C=O) groups excluding carboxylic acids is 3. The van der Waals surface area contributed by atoms with Crippen LogP contribution in [0.1, 0.15) is 20.3 Å². The van der Waals surface area contributed by atoms with Crippen molar-refractivity contribution < 1.29 is 33.1 Å². The van der Waals surface area contributed by atoms with Crippen molar-refractivity contribution in [3.8, 4) is 0 Å². The molecule has 3 aliphatic heterocycles. The number of rotatable bonds is 7. The van der Waals surface area contributed by atoms with Crippen LogP contribution < -0.4 is 10.6 Å². The van der Waals surface area contributed by atoms with Gasteiger partial charge in [0.15, 0.2) is 0 Å². The van der Waals surface area contributed by atoms with Gasteiger partial charge in [-0.3, -0.25) is 14.4 Å². The van der Waals surface area contributed by atoms with Crippen LogP contribution in [0.5, 0.6) is 0 Å². The van der Waals surface area contributed by atoms with Crippen LogP contribution in [0.4, 0.5) is 8.78 Å². The third kappa shape index (κ3) is 4.14. The molecule has 172 valence electrons. The summed E-state index contributed by atoms with van der Waals surface area (Å²) in [5, 5.41) is 15.0. The van der Waals surface area contributed by atoms with Crippen molar-refractivity contribution in [3.63, 3.8) is 0 Å². The Bertz CT molecular complexity index is 836. The van der Waals surface area contributed by atoms with Crippen molar-refractivity contribution in [2.75, 3.05) is 20.6 Å². The Hall–Kier alpha value is -2.21. The number of carboxylic acid groups (broad SMARTS) is 1. The fourth-order valence-electron chi connectivity index (χ4n) is 4.55. The maximum absolute atomic E-state index is 12.7. The van der Waals surface area contributed by atoms with Crippen LogP contribution in [0.25, 0.3) is 0 Å². The Morgan fingerprint density at radius 3 is 2.52 bits per heavy atom. The van der Waals surface area contributed by atoms with Gasteiger partial charge in [-0.2, -0.15) is 8.78 Å². The number of alkyl halides is 2. The van der Waals surface area contributed by atoms with Crippen molar-refractivity contribution in [2.24, 2.45) is 11.8 Å². The van der Waals surface area contributed by atoms with Crippen LogP contribution in [-0.4, -0.2) is 89.0 Å². The zero-order valence-corrected chi connectivity index (χ0v) is 18.4. The molecule has 3 N–H and O–H groups in total. The zero-order chi connectivity index (χ0) is 23.2. The van der Waals surface area contributed by atoms with Crippen molar-refractivity contribution in [2.45, 2.75) is 50.1 Å². The smallest absolute Gasteiger partial charge is 0.353 e. The first-order valence-electron chi connectivity index (χ1n) is 9.95. The Morgan fingerprint density at radius 1 is 1.32 bits per heavy atom. The summed E-state index contributed by atoms with van der Waals surface area (Å²) < 4.78 is 25.2. The molecule has 3 amide bonds. The molecule has 0 aliphatic carbocycles. The molecule has 12 heteroatoms. The molecule has 0 aromatic rings. The van der Waals surface area contributed by atoms with E-state index in [0.717, 1.165) is 0 Å². The van der Waals surface area contributed by atoms with Crippen molar-refractivity contribution in [3.05, 3.63) is 10.6 Å². The summed E-state index contributed by atoms with van der Waals surface area (Å²) in [6, 6.07) is -1.73. The molecule has 0 bridgehead atoms. The molecule has 0 saturated carbocycles. The highest BCUT2D eigenvalue weighted by Crippen LogP contribution is 2.51. The van der Waals surface area contributed by atoms with E-state index in [0.29, 0.717) is 17.9 Å². The highest BCUT2D eigenvalue weighted by atomic mass is 32.2. The highest BCUT2D eigenvalue weighted by Gasteiger charge is 2.60. The van der Waals surface area contributed by atoms with Gasteiger partial charge in [0.1, 0.15) is 5.70 Å². The Balaban J connectivity index is 1.75. The second-order valence-electron chi connectivity index (χ2n) is 8.30. The summed E-state index contributed by atoms with van der Waals surface area (Å²) in [6.45, 7) is 3.78. The summed E-state index contributed by atoms with van der Waals surface area (Å²) in [5.41, 5.74) is -0.0986. The molecule has 0 aromatic heterocycles. The lowest BCUT2D eigenvalue weighted by atomic mass is 9.78. The van der Waals surface area contributed by atoms with Gasteiger partial charge in [-0.25, -0.2) is 4.79 Å². The Morgan fingerprint density at radius 2 is 1.97 bits per heavy atom. The average Bonchev–Trinajstić information content (AvgIpc) is 3.23. The van der Waals surface area contributed by atoms with Gasteiger partial charge in [0, 0.05) is 42.8 Å². The largest absolute Gasteiger partial charge is 0.477 e. The SMILES string of the molecule is C[C@@H](NC(=O)C(F)F)[C@H]1C(=O)N2C(C(=O)O)=C(S[C@@H]3CN[C@H](C(=O)N(C)C)C3)[C@H](C)[C@H]12. The molecule has 9 nitrogen and oxygen atoms in total. The maximum atomic E-state index is 12.7. The number of thioether (sulfide) groups is 1. The van der Waals surface area contributed by atoms with E-state index in [2.05, 4.69) is 10.6 Å². The standard InChI is InChI=1S/C19H26F2N4O5S/c1-7-12-11(8(2)23-16(26)15(20)21)18(28)25(12)13(19(29)30)14(7)31-9-5-10(22-6-9)17(27)24(3)4/h7-12,15,22H,5-6H2,1-4H3,(H,23,26)(H,29,30)/t7-,8-,9+,10+,11-,12-/m1/s1. The van der Waals surface area contributed by atoms with Gasteiger partial charge < -0.3 is 25.5 Å². The molecule has 0 unspecified atom stereocenters. The molecule has 0 radical (unpaired) electrons. The normalized spacial score (nSPS) is 30.9. The Kier molecular flexibility index (Phi) is 6.61. The molecular formula is C19H26F2N4O5S. The second-order valence-corrected chi connectivity index (χ2v) is 9.64. The maximum Gasteiger partial charge on any atom is 0.353 e. The van der Waals surface area contributed by atoms with Gasteiger partial charge in [-0.1, -0.05) is 6.92 Å². The minimum Gasteiger partial charge on any atom is -0.477 e. The summed E-state index contributed by atoms with van der Waals surface area (Å²) in [6.07, 6.45) is -2.67. The van der Waals surface area contributed by atoms with Gasteiger partial charge in [-0.05, 0) is 13.3 Å². The van der Waals surface area contributed by atoms with Crippen molar-refractivity contribution in [1.29, 1.82) is 0 Å². The number of carbonyl (C=O) groups is 4. The van der Waals surface area contributed by atoms with Gasteiger partial charge >= 0.3 is 12.4 Å². The van der Waals surface area contributed by atoms with E-state index in [1.807, 2.05) is 0 Å². The molecule has 3 rings (SSSR count). The van der Waals surface area contributed by atoms with E-state index in [1.54, 1.807) is 21.0 Å². The number of carboxylic acids is 1. The van der Waals surface area contributed by atoms with Crippen LogP contribution in [0.2, 0.25) is 0 Å². The summed E-state index contributed by atoms with van der Waals surface area (Å²) >= 11 is 1.34. The number of amides is 3. The Labute approximate surface area is 182 Å². The molecule has 6 atom stereocenters. The number of aliphatic carboxylic acids is 1. The van der Waals surface area contributed by atoms with Crippen molar-refractivity contribution in [1.82, 2.24) is 20.4 Å². The lowest BCUT2D eigenvalue weighted by Gasteiger charge is -2.47. The third-order valence-electron chi connectivity index (χ3n) is 6.02. The van der Waals surface area contributed by atoms with Crippen LogP contribution >= 0.6 is 11.8 Å². The van der Waals surface area contributed by atoms with E-state index < -0.39 is 42.2 Å². The first kappa shape index (κ1) is 23.5. The fraction of sp³-hybridized carbons (Fsp3) is 0.684. The van der Waals surface area contributed by atoms with Crippen molar-refractivity contribution >= 4 is 35.5 Å². The predicted octanol–water partition coefficient (Wildman–Crippen LogP) is 0.0810. The summed E-state index contributed by atoms with van der Waals surface area (Å²) in [4.78, 5) is 51.4. The highest BCUT2D eigenvalue weighted by molar-refractivity contribution is 8.03. The van der Waals surface area contributed by atoms with Gasteiger partial charge in [-0.15, -0.1) is 11.8 Å². The average molecular weight is 461 g/mol.